The van der Waals surface area contributed by atoms with Gasteiger partial charge in [-0.25, -0.2) is 13.2 Å². The zero-order valence-corrected chi connectivity index (χ0v) is 16.0. The van der Waals surface area contributed by atoms with Gasteiger partial charge in [-0.05, 0) is 58.2 Å². The van der Waals surface area contributed by atoms with Gasteiger partial charge in [-0.2, -0.15) is 0 Å². The number of aryl methyl sites for hydroxylation is 1. The summed E-state index contributed by atoms with van der Waals surface area (Å²) in [5, 5.41) is -0.563. The molecule has 1 aliphatic heterocycles. The highest BCUT2D eigenvalue weighted by Gasteiger charge is 2.33. The molecule has 0 aromatic heterocycles. The van der Waals surface area contributed by atoms with E-state index in [0.29, 0.717) is 37.3 Å². The molecule has 8 heteroatoms. The van der Waals surface area contributed by atoms with Crippen LogP contribution in [0, 0.1) is 6.92 Å². The largest absolute Gasteiger partial charge is 0.444 e. The molecular formula is C17H27N3O4S. The standard InChI is InChI=1S/C17H27N3O4S/c1-12-5-6-15(14(18)11-12)19-25(22,23)13-7-9-20(10-8-13)16(21)24-17(2,3)4/h5-6,11,13,19H,7-10,18H2,1-4H3. The van der Waals surface area contributed by atoms with Crippen LogP contribution in [0.1, 0.15) is 39.2 Å². The van der Waals surface area contributed by atoms with Crippen LogP contribution in [0.5, 0.6) is 0 Å². The molecule has 0 atom stereocenters. The molecule has 3 N–H and O–H groups in total. The Labute approximate surface area is 149 Å². The summed E-state index contributed by atoms with van der Waals surface area (Å²) < 4.78 is 33.1. The zero-order chi connectivity index (χ0) is 18.8. The number of nitrogens with one attached hydrogen (secondary N) is 1. The molecule has 1 amide bonds. The average Bonchev–Trinajstić information content (AvgIpc) is 2.48. The molecule has 1 fully saturated rings. The van der Waals surface area contributed by atoms with Gasteiger partial charge in [0.1, 0.15) is 5.60 Å². The number of ether oxygens (including phenoxy) is 1. The van der Waals surface area contributed by atoms with Crippen molar-refractivity contribution >= 4 is 27.5 Å². The monoisotopic (exact) mass is 369 g/mol. The fraction of sp³-hybridized carbons (Fsp3) is 0.588. The van der Waals surface area contributed by atoms with E-state index in [1.165, 1.54) is 0 Å². The molecule has 0 unspecified atom stereocenters. The van der Waals surface area contributed by atoms with Crippen LogP contribution in [0.25, 0.3) is 0 Å². The van der Waals surface area contributed by atoms with Gasteiger partial charge in [0.25, 0.3) is 0 Å². The van der Waals surface area contributed by atoms with Crippen molar-refractivity contribution in [1.82, 2.24) is 4.90 Å². The predicted octanol–water partition coefficient (Wildman–Crippen LogP) is 2.72. The second-order valence-corrected chi connectivity index (χ2v) is 9.37. The van der Waals surface area contributed by atoms with Gasteiger partial charge in [0, 0.05) is 13.1 Å². The number of rotatable bonds is 3. The van der Waals surface area contributed by atoms with E-state index in [0.717, 1.165) is 5.56 Å². The van der Waals surface area contributed by atoms with E-state index >= 15 is 0 Å². The number of piperidine rings is 1. The maximum Gasteiger partial charge on any atom is 0.410 e. The Kier molecular flexibility index (Phi) is 5.51. The first kappa shape index (κ1) is 19.4. The van der Waals surface area contributed by atoms with Crippen molar-refractivity contribution in [1.29, 1.82) is 0 Å². The van der Waals surface area contributed by atoms with E-state index < -0.39 is 27.0 Å². The Balaban J connectivity index is 1.98. The minimum absolute atomic E-state index is 0.351. The lowest BCUT2D eigenvalue weighted by atomic mass is 10.1. The van der Waals surface area contributed by atoms with Crippen LogP contribution in [-0.2, 0) is 14.8 Å². The van der Waals surface area contributed by atoms with Crippen molar-refractivity contribution in [3.8, 4) is 0 Å². The molecule has 1 aromatic carbocycles. The number of nitrogens with two attached hydrogens (primary N) is 1. The lowest BCUT2D eigenvalue weighted by Gasteiger charge is -2.33. The van der Waals surface area contributed by atoms with Gasteiger partial charge < -0.3 is 15.4 Å². The molecule has 1 saturated heterocycles. The summed E-state index contributed by atoms with van der Waals surface area (Å²) in [7, 11) is -3.56. The van der Waals surface area contributed by atoms with Gasteiger partial charge in [0.2, 0.25) is 10.0 Å². The van der Waals surface area contributed by atoms with Gasteiger partial charge in [0.15, 0.2) is 0 Å². The third-order valence-corrected chi connectivity index (χ3v) is 5.85. The van der Waals surface area contributed by atoms with Crippen molar-refractivity contribution in [2.45, 2.75) is 51.4 Å². The highest BCUT2D eigenvalue weighted by atomic mass is 32.2. The van der Waals surface area contributed by atoms with E-state index in [4.69, 9.17) is 10.5 Å². The number of benzene rings is 1. The van der Waals surface area contributed by atoms with Crippen LogP contribution in [0.2, 0.25) is 0 Å². The Bertz CT molecular complexity index is 733. The fourth-order valence-corrected chi connectivity index (χ4v) is 4.18. The molecule has 0 saturated carbocycles. The van der Waals surface area contributed by atoms with Gasteiger partial charge >= 0.3 is 6.09 Å². The van der Waals surface area contributed by atoms with E-state index in [-0.39, 0.29) is 0 Å². The van der Waals surface area contributed by atoms with Crippen LogP contribution in [0.15, 0.2) is 18.2 Å². The summed E-state index contributed by atoms with van der Waals surface area (Å²) in [6.45, 7) is 8.00. The topological polar surface area (TPSA) is 102 Å². The molecule has 1 aliphatic rings. The smallest absolute Gasteiger partial charge is 0.410 e. The van der Waals surface area contributed by atoms with Gasteiger partial charge in [0.05, 0.1) is 16.6 Å². The van der Waals surface area contributed by atoms with Crippen molar-refractivity contribution in [2.24, 2.45) is 0 Å². The van der Waals surface area contributed by atoms with Crippen molar-refractivity contribution < 1.29 is 17.9 Å². The lowest BCUT2D eigenvalue weighted by Crippen LogP contribution is -2.45. The summed E-state index contributed by atoms with van der Waals surface area (Å²) in [5.41, 5.74) is 7.07. The minimum Gasteiger partial charge on any atom is -0.444 e. The molecule has 0 spiro atoms. The highest BCUT2D eigenvalue weighted by Crippen LogP contribution is 2.25. The number of amides is 1. The first-order valence-corrected chi connectivity index (χ1v) is 9.88. The normalized spacial score (nSPS) is 16.6. The number of sulfonamides is 1. The van der Waals surface area contributed by atoms with Crippen molar-refractivity contribution in [3.63, 3.8) is 0 Å². The maximum atomic E-state index is 12.6. The third kappa shape index (κ3) is 5.26. The number of anilines is 2. The van der Waals surface area contributed by atoms with E-state index in [9.17, 15) is 13.2 Å². The van der Waals surface area contributed by atoms with Crippen molar-refractivity contribution in [3.05, 3.63) is 23.8 Å². The molecule has 140 valence electrons. The Morgan fingerprint density at radius 1 is 1.28 bits per heavy atom. The number of nitrogens with zero attached hydrogens (tertiary/aromatic N) is 1. The van der Waals surface area contributed by atoms with Crippen LogP contribution >= 0.6 is 0 Å². The first-order valence-electron chi connectivity index (χ1n) is 8.33. The maximum absolute atomic E-state index is 12.6. The van der Waals surface area contributed by atoms with Gasteiger partial charge in [-0.3, -0.25) is 4.72 Å². The van der Waals surface area contributed by atoms with E-state index in [1.54, 1.807) is 43.9 Å². The molecule has 0 aliphatic carbocycles. The zero-order valence-electron chi connectivity index (χ0n) is 15.2. The Morgan fingerprint density at radius 3 is 2.40 bits per heavy atom. The Hall–Kier alpha value is -1.96. The lowest BCUT2D eigenvalue weighted by molar-refractivity contribution is 0.0217. The molecule has 1 heterocycles. The summed E-state index contributed by atoms with van der Waals surface area (Å²) in [4.78, 5) is 13.6. The van der Waals surface area contributed by atoms with Crippen LogP contribution in [0.3, 0.4) is 0 Å². The van der Waals surface area contributed by atoms with E-state index in [2.05, 4.69) is 4.72 Å². The van der Waals surface area contributed by atoms with Crippen LogP contribution in [0.4, 0.5) is 16.2 Å². The number of hydrogen-bond donors (Lipinski definition) is 2. The number of nitrogen functional groups attached to an aromatic ring is 1. The summed E-state index contributed by atoms with van der Waals surface area (Å²) in [6, 6.07) is 5.19. The predicted molar refractivity (Wildman–Crippen MR) is 99.0 cm³/mol. The molecule has 25 heavy (non-hydrogen) atoms. The molecule has 0 radical (unpaired) electrons. The SMILES string of the molecule is Cc1ccc(NS(=O)(=O)C2CCN(C(=O)OC(C)(C)C)CC2)c(N)c1. The second kappa shape index (κ2) is 7.11. The molecule has 2 rings (SSSR count). The number of hydrogen-bond acceptors (Lipinski definition) is 5. The molecule has 1 aromatic rings. The quantitative estimate of drug-likeness (QED) is 0.798. The second-order valence-electron chi connectivity index (χ2n) is 7.40. The molecule has 7 nitrogen and oxygen atoms in total. The summed E-state index contributed by atoms with van der Waals surface area (Å²) in [5.74, 6) is 0. The summed E-state index contributed by atoms with van der Waals surface area (Å²) >= 11 is 0. The summed E-state index contributed by atoms with van der Waals surface area (Å²) in [6.07, 6.45) is 0.319. The molecule has 0 bridgehead atoms. The Morgan fingerprint density at radius 2 is 1.88 bits per heavy atom. The van der Waals surface area contributed by atoms with E-state index in [1.807, 2.05) is 6.92 Å². The van der Waals surface area contributed by atoms with Gasteiger partial charge in [-0.15, -0.1) is 0 Å². The van der Waals surface area contributed by atoms with Crippen molar-refractivity contribution in [2.75, 3.05) is 23.5 Å². The number of carbonyl (C=O) groups is 1. The van der Waals surface area contributed by atoms with Crippen LogP contribution < -0.4 is 10.5 Å². The minimum atomic E-state index is -3.56. The van der Waals surface area contributed by atoms with Crippen LogP contribution in [-0.4, -0.2) is 43.4 Å². The fourth-order valence-electron chi connectivity index (χ4n) is 2.69. The molecular weight excluding hydrogens is 342 g/mol. The number of carbonyl (C=O) groups excluding carboxylic acids is 1. The number of likely N-dealkylation sites (tertiary alicyclic amines) is 1. The average molecular weight is 369 g/mol. The first-order chi connectivity index (χ1) is 11.5. The third-order valence-electron chi connectivity index (χ3n) is 3.99. The van der Waals surface area contributed by atoms with Gasteiger partial charge in [-0.1, -0.05) is 6.07 Å². The highest BCUT2D eigenvalue weighted by molar-refractivity contribution is 7.93.